The van der Waals surface area contributed by atoms with Gasteiger partial charge in [0.15, 0.2) is 28.5 Å². The first-order valence-electron chi connectivity index (χ1n) is 12.8. The molecule has 2 saturated heterocycles. The van der Waals surface area contributed by atoms with E-state index in [0.717, 1.165) is 16.9 Å². The van der Waals surface area contributed by atoms with Gasteiger partial charge in [-0.1, -0.05) is 19.1 Å². The van der Waals surface area contributed by atoms with Gasteiger partial charge in [0.05, 0.1) is 29.8 Å². The van der Waals surface area contributed by atoms with Gasteiger partial charge in [-0.15, -0.1) is 0 Å². The van der Waals surface area contributed by atoms with Crippen molar-refractivity contribution in [2.45, 2.75) is 38.5 Å². The van der Waals surface area contributed by atoms with Crippen LogP contribution in [0.1, 0.15) is 32.4 Å². The number of benzene rings is 1. The zero-order valence-corrected chi connectivity index (χ0v) is 21.8. The van der Waals surface area contributed by atoms with E-state index in [-0.39, 0.29) is 13.1 Å². The fraction of sp³-hybridized carbons (Fsp3) is 0.538. The van der Waals surface area contributed by atoms with Crippen LogP contribution in [0, 0.1) is 0 Å². The summed E-state index contributed by atoms with van der Waals surface area (Å²) >= 11 is 0. The SMILES string of the molecule is CCc1nc2ccccc2n1-c1nc(N2CCOCC2)c2nc(C3(F)CN(CC(C)(C)O)C3)n(C)c2n1. The summed E-state index contributed by atoms with van der Waals surface area (Å²) in [6, 6.07) is 7.94. The molecule has 6 rings (SSSR count). The van der Waals surface area contributed by atoms with Crippen molar-refractivity contribution in [3.05, 3.63) is 35.9 Å². The number of β-amino-alcohol motifs (C(OH)–C–C–N with tert-alkyl or cyclic N) is 1. The highest BCUT2D eigenvalue weighted by Crippen LogP contribution is 2.38. The predicted octanol–water partition coefficient (Wildman–Crippen LogP) is 2.35. The molecule has 3 aromatic heterocycles. The second kappa shape index (κ2) is 8.71. The van der Waals surface area contributed by atoms with E-state index >= 15 is 4.39 Å². The number of aromatic nitrogens is 6. The van der Waals surface area contributed by atoms with E-state index < -0.39 is 11.3 Å². The van der Waals surface area contributed by atoms with Crippen LogP contribution in [0.15, 0.2) is 24.3 Å². The number of rotatable bonds is 6. The summed E-state index contributed by atoms with van der Waals surface area (Å²) in [4.78, 5) is 23.6. The van der Waals surface area contributed by atoms with Gasteiger partial charge in [-0.25, -0.2) is 14.4 Å². The Morgan fingerprint density at radius 2 is 1.81 bits per heavy atom. The number of halogens is 1. The van der Waals surface area contributed by atoms with Crippen molar-refractivity contribution in [3.8, 4) is 5.95 Å². The second-order valence-electron chi connectivity index (χ2n) is 10.7. The zero-order chi connectivity index (χ0) is 25.9. The van der Waals surface area contributed by atoms with Crippen molar-refractivity contribution < 1.29 is 14.2 Å². The minimum atomic E-state index is -1.63. The lowest BCUT2D eigenvalue weighted by Gasteiger charge is -2.45. The van der Waals surface area contributed by atoms with Crippen molar-refractivity contribution in [1.29, 1.82) is 0 Å². The smallest absolute Gasteiger partial charge is 0.239 e. The average molecular weight is 509 g/mol. The summed E-state index contributed by atoms with van der Waals surface area (Å²) in [5.74, 6) is 2.38. The van der Waals surface area contributed by atoms with Crippen LogP contribution in [0.4, 0.5) is 10.2 Å². The van der Waals surface area contributed by atoms with Gasteiger partial charge in [0, 0.05) is 46.2 Å². The molecule has 2 fully saturated rings. The summed E-state index contributed by atoms with van der Waals surface area (Å²) in [5, 5.41) is 10.2. The molecule has 0 bridgehead atoms. The molecule has 0 unspecified atom stereocenters. The maximum absolute atomic E-state index is 16.1. The van der Waals surface area contributed by atoms with E-state index in [1.165, 1.54) is 0 Å². The number of imidazole rings is 2. The molecule has 4 aromatic rings. The van der Waals surface area contributed by atoms with Gasteiger partial charge in [0.25, 0.3) is 0 Å². The maximum Gasteiger partial charge on any atom is 0.239 e. The Morgan fingerprint density at radius 1 is 1.08 bits per heavy atom. The first-order valence-corrected chi connectivity index (χ1v) is 12.8. The Bertz CT molecular complexity index is 1460. The summed E-state index contributed by atoms with van der Waals surface area (Å²) in [7, 11) is 1.82. The average Bonchev–Trinajstić information content (AvgIpc) is 3.40. The van der Waals surface area contributed by atoms with Gasteiger partial charge in [-0.2, -0.15) is 9.97 Å². The minimum absolute atomic E-state index is 0.174. The third-order valence-corrected chi connectivity index (χ3v) is 7.11. The lowest BCUT2D eigenvalue weighted by Crippen LogP contribution is -2.60. The van der Waals surface area contributed by atoms with Crippen molar-refractivity contribution in [2.75, 3.05) is 50.8 Å². The van der Waals surface area contributed by atoms with Gasteiger partial charge < -0.3 is 19.3 Å². The van der Waals surface area contributed by atoms with Crippen LogP contribution in [-0.2, 0) is 23.9 Å². The number of para-hydroxylation sites is 2. The van der Waals surface area contributed by atoms with Crippen molar-refractivity contribution >= 4 is 28.0 Å². The lowest BCUT2D eigenvalue weighted by molar-refractivity contribution is -0.0802. The van der Waals surface area contributed by atoms with E-state index in [1.54, 1.807) is 18.4 Å². The molecule has 0 atom stereocenters. The molecule has 1 N–H and O–H groups in total. The molecule has 37 heavy (non-hydrogen) atoms. The first kappa shape index (κ1) is 24.2. The Balaban J connectivity index is 1.50. The number of anilines is 1. The standard InChI is InChI=1S/C26H33FN8O2/c1-5-19-28-17-8-6-7-9-18(17)35(19)24-30-21-20(22(31-24)34-10-12-37-13-11-34)29-23(32(21)4)26(27)15-33(16-26)14-25(2,3)36/h6-9,36H,5,10-16H2,1-4H3. The number of hydrogen-bond donors (Lipinski definition) is 1. The van der Waals surface area contributed by atoms with Crippen LogP contribution in [0.3, 0.4) is 0 Å². The molecule has 196 valence electrons. The number of fused-ring (bicyclic) bond motifs is 2. The number of morpholine rings is 1. The van der Waals surface area contributed by atoms with Crippen molar-refractivity contribution in [2.24, 2.45) is 7.05 Å². The Morgan fingerprint density at radius 3 is 2.51 bits per heavy atom. The van der Waals surface area contributed by atoms with E-state index in [1.807, 2.05) is 40.8 Å². The monoisotopic (exact) mass is 508 g/mol. The number of ether oxygens (including phenoxy) is 1. The molecule has 1 aromatic carbocycles. The summed E-state index contributed by atoms with van der Waals surface area (Å²) < 4.78 is 25.5. The highest BCUT2D eigenvalue weighted by Gasteiger charge is 2.49. The molecule has 2 aliphatic rings. The molecular formula is C26H33FN8O2. The number of aryl methyl sites for hydroxylation is 2. The molecule has 2 aliphatic heterocycles. The van der Waals surface area contributed by atoms with Crippen LogP contribution >= 0.6 is 0 Å². The third-order valence-electron chi connectivity index (χ3n) is 7.11. The number of aliphatic hydroxyl groups is 1. The Hall–Kier alpha value is -3.15. The first-order chi connectivity index (χ1) is 17.7. The number of nitrogens with zero attached hydrogens (tertiary/aromatic N) is 8. The van der Waals surface area contributed by atoms with Crippen molar-refractivity contribution in [1.82, 2.24) is 34.0 Å². The molecule has 10 nitrogen and oxygen atoms in total. The van der Waals surface area contributed by atoms with Crippen LogP contribution in [0.5, 0.6) is 0 Å². The van der Waals surface area contributed by atoms with E-state index in [0.29, 0.717) is 68.0 Å². The fourth-order valence-corrected chi connectivity index (χ4v) is 5.53. The van der Waals surface area contributed by atoms with Crippen molar-refractivity contribution in [3.63, 3.8) is 0 Å². The van der Waals surface area contributed by atoms with Crippen LogP contribution in [-0.4, -0.2) is 90.6 Å². The molecule has 0 amide bonds. The molecule has 5 heterocycles. The molecular weight excluding hydrogens is 475 g/mol. The van der Waals surface area contributed by atoms with Gasteiger partial charge in [-0.05, 0) is 26.0 Å². The third kappa shape index (κ3) is 4.14. The van der Waals surface area contributed by atoms with Crippen LogP contribution < -0.4 is 4.90 Å². The normalized spacial score (nSPS) is 18.6. The summed E-state index contributed by atoms with van der Waals surface area (Å²) in [6.45, 7) is 8.80. The highest BCUT2D eigenvalue weighted by molar-refractivity contribution is 5.86. The van der Waals surface area contributed by atoms with Gasteiger partial charge >= 0.3 is 0 Å². The topological polar surface area (TPSA) is 97.4 Å². The number of likely N-dealkylation sites (tertiary alicyclic amines) is 1. The Labute approximate surface area is 214 Å². The molecule has 0 aliphatic carbocycles. The molecule has 0 saturated carbocycles. The fourth-order valence-electron chi connectivity index (χ4n) is 5.53. The van der Waals surface area contributed by atoms with E-state index in [2.05, 4.69) is 11.8 Å². The number of hydrogen-bond acceptors (Lipinski definition) is 8. The van der Waals surface area contributed by atoms with Crippen LogP contribution in [0.2, 0.25) is 0 Å². The van der Waals surface area contributed by atoms with Gasteiger partial charge in [0.2, 0.25) is 5.95 Å². The van der Waals surface area contributed by atoms with Crippen LogP contribution in [0.25, 0.3) is 28.1 Å². The summed E-state index contributed by atoms with van der Waals surface area (Å²) in [6.07, 6.45) is 0.713. The largest absolute Gasteiger partial charge is 0.389 e. The highest BCUT2D eigenvalue weighted by atomic mass is 19.1. The Kier molecular flexibility index (Phi) is 5.70. The lowest BCUT2D eigenvalue weighted by atomic mass is 9.93. The maximum atomic E-state index is 16.1. The van der Waals surface area contributed by atoms with E-state index in [4.69, 9.17) is 24.7 Å². The summed E-state index contributed by atoms with van der Waals surface area (Å²) in [5.41, 5.74) is 0.465. The quantitative estimate of drug-likeness (QED) is 0.424. The van der Waals surface area contributed by atoms with E-state index in [9.17, 15) is 5.11 Å². The van der Waals surface area contributed by atoms with Gasteiger partial charge in [0.1, 0.15) is 5.82 Å². The molecule has 0 radical (unpaired) electrons. The minimum Gasteiger partial charge on any atom is -0.389 e. The molecule has 11 heteroatoms. The van der Waals surface area contributed by atoms with Gasteiger partial charge in [-0.3, -0.25) is 9.47 Å². The number of alkyl halides is 1. The molecule has 0 spiro atoms. The zero-order valence-electron chi connectivity index (χ0n) is 21.8. The predicted molar refractivity (Wildman–Crippen MR) is 139 cm³/mol. The second-order valence-corrected chi connectivity index (χ2v) is 10.7.